The van der Waals surface area contributed by atoms with Crippen molar-refractivity contribution in [2.24, 2.45) is 9.81 Å². The normalized spacial score (nSPS) is 21.3. The smallest absolute Gasteiger partial charge is 0.410 e. The maximum Gasteiger partial charge on any atom is 0.410 e. The van der Waals surface area contributed by atoms with Crippen LogP contribution in [0.1, 0.15) is 71.1 Å². The number of benzene rings is 1. The second kappa shape index (κ2) is 7.53. The molecule has 1 heterocycles. The molecule has 1 amide bonds. The topological polar surface area (TPSA) is 59.0 Å². The van der Waals surface area contributed by atoms with E-state index in [0.717, 1.165) is 30.5 Å². The van der Waals surface area contributed by atoms with E-state index in [0.29, 0.717) is 13.1 Å². The second-order valence-corrected chi connectivity index (χ2v) is 12.3. The Morgan fingerprint density at radius 3 is 2.31 bits per heavy atom. The Balaban J connectivity index is 1.89. The number of carbonyl (C=O) groups excluding carboxylic acids is 1. The molecule has 3 rings (SSSR count). The lowest BCUT2D eigenvalue weighted by Crippen LogP contribution is -2.47. The first-order valence-electron chi connectivity index (χ1n) is 10.4. The highest BCUT2D eigenvalue weighted by atomic mass is 32.2. The zero-order valence-corrected chi connectivity index (χ0v) is 19.6. The van der Waals surface area contributed by atoms with Gasteiger partial charge in [-0.1, -0.05) is 23.8 Å². The molecule has 1 aliphatic carbocycles. The number of piperidine rings is 1. The summed E-state index contributed by atoms with van der Waals surface area (Å²) in [5.74, 6) is 0. The van der Waals surface area contributed by atoms with Crippen LogP contribution in [0.3, 0.4) is 0 Å². The summed E-state index contributed by atoms with van der Waals surface area (Å²) in [5, 5.41) is 0. The molecule has 0 unspecified atom stereocenters. The lowest BCUT2D eigenvalue weighted by molar-refractivity contribution is 0.0159. The molecule has 1 fully saturated rings. The standard InChI is InChI=1S/C23H34N2O3S/c1-16-8-9-18-17(14-16)15-23(19(18)24-29(27)22(5,6)7)10-12-25(13-11-23)20(26)28-21(2,3)4/h8-9,14H,10-13,15H2,1-7H3/b24-19-/t29-/m1/s1. The predicted octanol–water partition coefficient (Wildman–Crippen LogP) is 4.82. The molecule has 1 aromatic carbocycles. The van der Waals surface area contributed by atoms with E-state index in [1.807, 2.05) is 41.5 Å². The van der Waals surface area contributed by atoms with E-state index in [4.69, 9.17) is 9.13 Å². The molecule has 6 heteroatoms. The van der Waals surface area contributed by atoms with Crippen LogP contribution < -0.4 is 0 Å². The first-order valence-corrected chi connectivity index (χ1v) is 11.5. The third-order valence-electron chi connectivity index (χ3n) is 5.62. The van der Waals surface area contributed by atoms with Gasteiger partial charge < -0.3 is 9.64 Å². The molecule has 29 heavy (non-hydrogen) atoms. The van der Waals surface area contributed by atoms with E-state index in [1.165, 1.54) is 11.1 Å². The third kappa shape index (κ3) is 4.73. The number of nitrogens with zero attached hydrogens (tertiary/aromatic N) is 2. The average molecular weight is 419 g/mol. The van der Waals surface area contributed by atoms with Crippen molar-refractivity contribution >= 4 is 22.8 Å². The Morgan fingerprint density at radius 1 is 1.14 bits per heavy atom. The lowest BCUT2D eigenvalue weighted by atomic mass is 9.74. The molecule has 1 aliphatic heterocycles. The molecule has 0 aromatic heterocycles. The summed E-state index contributed by atoms with van der Waals surface area (Å²) in [6.45, 7) is 14.9. The highest BCUT2D eigenvalue weighted by Crippen LogP contribution is 2.46. The molecule has 160 valence electrons. The summed E-state index contributed by atoms with van der Waals surface area (Å²) in [6.07, 6.45) is 2.25. The fraction of sp³-hybridized carbons (Fsp3) is 0.652. The quantitative estimate of drug-likeness (QED) is 0.657. The van der Waals surface area contributed by atoms with Gasteiger partial charge in [0.15, 0.2) is 0 Å². The molecule has 5 nitrogen and oxygen atoms in total. The van der Waals surface area contributed by atoms with Crippen molar-refractivity contribution in [2.75, 3.05) is 13.1 Å². The van der Waals surface area contributed by atoms with Gasteiger partial charge >= 0.3 is 6.09 Å². The molecule has 0 N–H and O–H groups in total. The minimum absolute atomic E-state index is 0.157. The van der Waals surface area contributed by atoms with Gasteiger partial charge in [-0.3, -0.25) is 0 Å². The van der Waals surface area contributed by atoms with Gasteiger partial charge in [0, 0.05) is 24.1 Å². The SMILES string of the molecule is Cc1ccc2c(c1)CC1(CCN(C(=O)OC(C)(C)C)CC1)/C2=N\[S@](=O)C(C)(C)C. The number of fused-ring (bicyclic) bond motifs is 1. The van der Waals surface area contributed by atoms with Crippen molar-refractivity contribution in [1.29, 1.82) is 0 Å². The average Bonchev–Trinajstić information content (AvgIpc) is 2.85. The number of likely N-dealkylation sites (tertiary alicyclic amines) is 1. The molecular formula is C23H34N2O3S. The molecular weight excluding hydrogens is 384 g/mol. The van der Waals surface area contributed by atoms with Crippen molar-refractivity contribution in [3.05, 3.63) is 34.9 Å². The number of ether oxygens (including phenoxy) is 1. The first kappa shape index (κ1) is 22.0. The maximum atomic E-state index is 12.9. The zero-order valence-electron chi connectivity index (χ0n) is 18.8. The van der Waals surface area contributed by atoms with E-state index in [2.05, 4.69) is 25.1 Å². The molecule has 1 spiro atoms. The Morgan fingerprint density at radius 2 is 1.76 bits per heavy atom. The predicted molar refractivity (Wildman–Crippen MR) is 119 cm³/mol. The molecule has 0 bridgehead atoms. The molecule has 0 radical (unpaired) electrons. The Bertz CT molecular complexity index is 854. The summed E-state index contributed by atoms with van der Waals surface area (Å²) in [6, 6.07) is 6.45. The van der Waals surface area contributed by atoms with E-state index in [9.17, 15) is 9.00 Å². The van der Waals surface area contributed by atoms with Crippen molar-refractivity contribution in [2.45, 2.75) is 78.1 Å². The van der Waals surface area contributed by atoms with Crippen LogP contribution in [0.25, 0.3) is 0 Å². The van der Waals surface area contributed by atoms with Crippen LogP contribution in [-0.4, -0.2) is 44.4 Å². The molecule has 0 saturated carbocycles. The van der Waals surface area contributed by atoms with Crippen LogP contribution in [0, 0.1) is 12.3 Å². The minimum atomic E-state index is -1.32. The van der Waals surface area contributed by atoms with E-state index >= 15 is 0 Å². The Kier molecular flexibility index (Phi) is 5.71. The van der Waals surface area contributed by atoms with Gasteiger partial charge in [0.05, 0.1) is 10.5 Å². The van der Waals surface area contributed by atoms with Gasteiger partial charge in [-0.15, -0.1) is 0 Å². The fourth-order valence-corrected chi connectivity index (χ4v) is 4.79. The van der Waals surface area contributed by atoms with Crippen LogP contribution in [0.2, 0.25) is 0 Å². The summed E-state index contributed by atoms with van der Waals surface area (Å²) in [7, 11) is -1.32. The van der Waals surface area contributed by atoms with Gasteiger partial charge in [-0.2, -0.15) is 4.40 Å². The molecule has 1 atom stereocenters. The number of carbonyl (C=O) groups is 1. The van der Waals surface area contributed by atoms with E-state index in [-0.39, 0.29) is 11.5 Å². The Hall–Kier alpha value is -1.69. The summed E-state index contributed by atoms with van der Waals surface area (Å²) in [4.78, 5) is 14.3. The van der Waals surface area contributed by atoms with E-state index in [1.54, 1.807) is 4.90 Å². The molecule has 1 aromatic rings. The van der Waals surface area contributed by atoms with Gasteiger partial charge in [0.25, 0.3) is 0 Å². The second-order valence-electron chi connectivity index (χ2n) is 10.4. The van der Waals surface area contributed by atoms with Crippen molar-refractivity contribution < 1.29 is 13.7 Å². The summed E-state index contributed by atoms with van der Waals surface area (Å²) >= 11 is 0. The summed E-state index contributed by atoms with van der Waals surface area (Å²) < 4.78 is 22.8. The van der Waals surface area contributed by atoms with Crippen LogP contribution in [0.15, 0.2) is 22.6 Å². The van der Waals surface area contributed by atoms with Crippen molar-refractivity contribution in [3.8, 4) is 0 Å². The Labute approximate surface area is 177 Å². The molecule has 1 saturated heterocycles. The number of amides is 1. The number of aryl methyl sites for hydroxylation is 1. The lowest BCUT2D eigenvalue weighted by Gasteiger charge is -2.40. The van der Waals surface area contributed by atoms with Gasteiger partial charge in [-0.25, -0.2) is 9.00 Å². The van der Waals surface area contributed by atoms with Crippen LogP contribution in [0.5, 0.6) is 0 Å². The fourth-order valence-electron chi connectivity index (χ4n) is 4.06. The molecule has 2 aliphatic rings. The highest BCUT2D eigenvalue weighted by Gasteiger charge is 2.47. The van der Waals surface area contributed by atoms with E-state index < -0.39 is 21.3 Å². The summed E-state index contributed by atoms with van der Waals surface area (Å²) in [5.41, 5.74) is 3.94. The third-order valence-corrected chi connectivity index (χ3v) is 7.01. The largest absolute Gasteiger partial charge is 0.444 e. The van der Waals surface area contributed by atoms with Crippen molar-refractivity contribution in [3.63, 3.8) is 0 Å². The number of hydrogen-bond acceptors (Lipinski definition) is 3. The zero-order chi connectivity index (χ0) is 21.6. The number of hydrogen-bond donors (Lipinski definition) is 0. The van der Waals surface area contributed by atoms with Crippen molar-refractivity contribution in [1.82, 2.24) is 4.90 Å². The van der Waals surface area contributed by atoms with Gasteiger partial charge in [0.1, 0.15) is 16.6 Å². The van der Waals surface area contributed by atoms with Crippen LogP contribution >= 0.6 is 0 Å². The van der Waals surface area contributed by atoms with Gasteiger partial charge in [0.2, 0.25) is 0 Å². The van der Waals surface area contributed by atoms with Crippen LogP contribution in [-0.2, 0) is 22.1 Å². The first-order chi connectivity index (χ1) is 13.3. The minimum Gasteiger partial charge on any atom is -0.444 e. The number of rotatable bonds is 1. The highest BCUT2D eigenvalue weighted by molar-refractivity contribution is 7.85. The van der Waals surface area contributed by atoms with Crippen LogP contribution in [0.4, 0.5) is 4.79 Å². The monoisotopic (exact) mass is 418 g/mol. The maximum absolute atomic E-state index is 12.9. The van der Waals surface area contributed by atoms with Gasteiger partial charge in [-0.05, 0) is 73.3 Å².